The minimum atomic E-state index is 0.426. The Balaban J connectivity index is 2.10. The molecule has 0 spiro atoms. The van der Waals surface area contributed by atoms with E-state index in [1.807, 2.05) is 0 Å². The van der Waals surface area contributed by atoms with Gasteiger partial charge < -0.3 is 15.0 Å². The Labute approximate surface area is 110 Å². The van der Waals surface area contributed by atoms with E-state index in [0.717, 1.165) is 18.3 Å². The first kappa shape index (κ1) is 13.4. The van der Waals surface area contributed by atoms with E-state index in [0.29, 0.717) is 6.04 Å². The van der Waals surface area contributed by atoms with Crippen molar-refractivity contribution in [2.45, 2.75) is 31.8 Å². The van der Waals surface area contributed by atoms with Crippen LogP contribution in [0.4, 0.5) is 0 Å². The highest BCUT2D eigenvalue weighted by Gasteiger charge is 2.23. The van der Waals surface area contributed by atoms with Gasteiger partial charge in [0.1, 0.15) is 5.75 Å². The Morgan fingerprint density at radius 3 is 2.61 bits per heavy atom. The van der Waals surface area contributed by atoms with Gasteiger partial charge in [-0.2, -0.15) is 0 Å². The summed E-state index contributed by atoms with van der Waals surface area (Å²) in [5, 5.41) is 3.61. The summed E-state index contributed by atoms with van der Waals surface area (Å²) in [5.74, 6) is 0.964. The maximum atomic E-state index is 5.32. The largest absolute Gasteiger partial charge is 0.496 e. The molecule has 1 aromatic rings. The van der Waals surface area contributed by atoms with Crippen molar-refractivity contribution < 1.29 is 4.74 Å². The van der Waals surface area contributed by atoms with Crippen molar-refractivity contribution in [2.24, 2.45) is 0 Å². The highest BCUT2D eigenvalue weighted by Crippen LogP contribution is 2.26. The van der Waals surface area contributed by atoms with Crippen molar-refractivity contribution in [2.75, 3.05) is 27.7 Å². The van der Waals surface area contributed by atoms with Crippen LogP contribution in [0.5, 0.6) is 5.75 Å². The Bertz CT molecular complexity index is 399. The normalized spacial score (nSPS) is 16.9. The van der Waals surface area contributed by atoms with E-state index in [9.17, 15) is 0 Å². The molecule has 0 aliphatic heterocycles. The predicted octanol–water partition coefficient (Wildman–Crippen LogP) is 2.36. The second-order valence-electron chi connectivity index (χ2n) is 5.39. The van der Waals surface area contributed by atoms with Crippen LogP contribution in [0.1, 0.15) is 30.0 Å². The van der Waals surface area contributed by atoms with E-state index in [4.69, 9.17) is 4.74 Å². The summed E-state index contributed by atoms with van der Waals surface area (Å²) in [6.07, 6.45) is 2.67. The average molecular weight is 248 g/mol. The lowest BCUT2D eigenvalue weighted by Gasteiger charge is -2.26. The summed E-state index contributed by atoms with van der Waals surface area (Å²) in [6.45, 7) is 3.12. The first-order valence-electron chi connectivity index (χ1n) is 6.66. The summed E-state index contributed by atoms with van der Waals surface area (Å²) in [4.78, 5) is 2.27. The van der Waals surface area contributed by atoms with Crippen LogP contribution in [0.3, 0.4) is 0 Å². The molecule has 3 nitrogen and oxygen atoms in total. The summed E-state index contributed by atoms with van der Waals surface area (Å²) in [6, 6.07) is 7.66. The number of hydrogen-bond acceptors (Lipinski definition) is 3. The molecule has 0 aromatic heterocycles. The third-order valence-electron chi connectivity index (χ3n) is 3.60. The molecule has 100 valence electrons. The molecule has 1 unspecified atom stereocenters. The van der Waals surface area contributed by atoms with Crippen LogP contribution in [-0.2, 0) is 0 Å². The molecule has 1 atom stereocenters. The molecule has 0 heterocycles. The van der Waals surface area contributed by atoms with Crippen LogP contribution in [-0.4, -0.2) is 38.7 Å². The number of nitrogens with zero attached hydrogens (tertiary/aromatic N) is 1. The molecule has 2 rings (SSSR count). The minimum Gasteiger partial charge on any atom is -0.496 e. The Kier molecular flexibility index (Phi) is 4.25. The Hall–Kier alpha value is -1.06. The highest BCUT2D eigenvalue weighted by atomic mass is 16.5. The van der Waals surface area contributed by atoms with Gasteiger partial charge in [-0.3, -0.25) is 0 Å². The zero-order valence-corrected chi connectivity index (χ0v) is 11.9. The van der Waals surface area contributed by atoms with Crippen LogP contribution in [0.2, 0.25) is 0 Å². The summed E-state index contributed by atoms with van der Waals surface area (Å²) in [7, 11) is 6.00. The zero-order valence-electron chi connectivity index (χ0n) is 11.9. The number of methoxy groups -OCH3 is 1. The van der Waals surface area contributed by atoms with Crippen LogP contribution in [0.15, 0.2) is 18.2 Å². The zero-order chi connectivity index (χ0) is 13.1. The standard InChI is InChI=1S/C15H24N2O/c1-11-9-12(5-8-15(11)18-4)14(17(2)3)10-16-13-6-7-13/h5,8-9,13-14,16H,6-7,10H2,1-4H3. The fraction of sp³-hybridized carbons (Fsp3) is 0.600. The molecular weight excluding hydrogens is 224 g/mol. The molecule has 1 aliphatic rings. The highest BCUT2D eigenvalue weighted by molar-refractivity contribution is 5.37. The second kappa shape index (κ2) is 5.72. The number of ether oxygens (including phenoxy) is 1. The van der Waals surface area contributed by atoms with E-state index in [1.165, 1.54) is 24.0 Å². The quantitative estimate of drug-likeness (QED) is 0.836. The topological polar surface area (TPSA) is 24.5 Å². The fourth-order valence-electron chi connectivity index (χ4n) is 2.27. The summed E-state index contributed by atoms with van der Waals surface area (Å²) < 4.78 is 5.32. The van der Waals surface area contributed by atoms with Gasteiger partial charge in [0, 0.05) is 18.6 Å². The van der Waals surface area contributed by atoms with Gasteiger partial charge in [-0.15, -0.1) is 0 Å². The lowest BCUT2D eigenvalue weighted by Crippen LogP contribution is -2.32. The average Bonchev–Trinajstić information content (AvgIpc) is 3.13. The van der Waals surface area contributed by atoms with Crippen molar-refractivity contribution in [1.29, 1.82) is 0 Å². The second-order valence-corrected chi connectivity index (χ2v) is 5.39. The van der Waals surface area contributed by atoms with Crippen molar-refractivity contribution in [3.8, 4) is 5.75 Å². The van der Waals surface area contributed by atoms with Gasteiger partial charge in [-0.25, -0.2) is 0 Å². The van der Waals surface area contributed by atoms with E-state index < -0.39 is 0 Å². The van der Waals surface area contributed by atoms with E-state index in [2.05, 4.69) is 49.4 Å². The monoisotopic (exact) mass is 248 g/mol. The smallest absolute Gasteiger partial charge is 0.121 e. The molecule has 0 saturated heterocycles. The molecule has 1 aliphatic carbocycles. The molecule has 1 saturated carbocycles. The number of rotatable bonds is 6. The molecular formula is C15H24N2O. The van der Waals surface area contributed by atoms with E-state index in [-0.39, 0.29) is 0 Å². The first-order valence-corrected chi connectivity index (χ1v) is 6.66. The van der Waals surface area contributed by atoms with Gasteiger partial charge in [-0.05, 0) is 51.1 Å². The number of likely N-dealkylation sites (N-methyl/N-ethyl adjacent to an activating group) is 1. The van der Waals surface area contributed by atoms with Crippen molar-refractivity contribution in [3.63, 3.8) is 0 Å². The fourth-order valence-corrected chi connectivity index (χ4v) is 2.27. The van der Waals surface area contributed by atoms with Gasteiger partial charge in [0.15, 0.2) is 0 Å². The number of hydrogen-bond donors (Lipinski definition) is 1. The van der Waals surface area contributed by atoms with E-state index >= 15 is 0 Å². The maximum absolute atomic E-state index is 5.32. The molecule has 0 radical (unpaired) electrons. The van der Waals surface area contributed by atoms with Gasteiger partial charge in [0.05, 0.1) is 7.11 Å². The SMILES string of the molecule is COc1ccc(C(CNC2CC2)N(C)C)cc1C. The third kappa shape index (κ3) is 3.24. The molecule has 1 fully saturated rings. The summed E-state index contributed by atoms with van der Waals surface area (Å²) >= 11 is 0. The molecule has 3 heteroatoms. The third-order valence-corrected chi connectivity index (χ3v) is 3.60. The van der Waals surface area contributed by atoms with Gasteiger partial charge in [0.25, 0.3) is 0 Å². The van der Waals surface area contributed by atoms with Crippen LogP contribution in [0, 0.1) is 6.92 Å². The van der Waals surface area contributed by atoms with Gasteiger partial charge in [0.2, 0.25) is 0 Å². The van der Waals surface area contributed by atoms with Crippen molar-refractivity contribution in [1.82, 2.24) is 10.2 Å². The minimum absolute atomic E-state index is 0.426. The van der Waals surface area contributed by atoms with Crippen LogP contribution < -0.4 is 10.1 Å². The summed E-state index contributed by atoms with van der Waals surface area (Å²) in [5.41, 5.74) is 2.56. The van der Waals surface area contributed by atoms with Gasteiger partial charge >= 0.3 is 0 Å². The Morgan fingerprint density at radius 1 is 1.39 bits per heavy atom. The lowest BCUT2D eigenvalue weighted by atomic mass is 10.0. The number of aryl methyl sites for hydroxylation is 1. The predicted molar refractivity (Wildman–Crippen MR) is 75.2 cm³/mol. The Morgan fingerprint density at radius 2 is 2.11 bits per heavy atom. The van der Waals surface area contributed by atoms with Crippen LogP contribution in [0.25, 0.3) is 0 Å². The van der Waals surface area contributed by atoms with E-state index in [1.54, 1.807) is 7.11 Å². The first-order chi connectivity index (χ1) is 8.61. The molecule has 1 aromatic carbocycles. The van der Waals surface area contributed by atoms with Gasteiger partial charge in [-0.1, -0.05) is 12.1 Å². The number of nitrogens with one attached hydrogen (secondary N) is 1. The van der Waals surface area contributed by atoms with Crippen molar-refractivity contribution in [3.05, 3.63) is 29.3 Å². The molecule has 0 bridgehead atoms. The van der Waals surface area contributed by atoms with Crippen LogP contribution >= 0.6 is 0 Å². The van der Waals surface area contributed by atoms with Crippen molar-refractivity contribution >= 4 is 0 Å². The maximum Gasteiger partial charge on any atom is 0.121 e. The lowest BCUT2D eigenvalue weighted by molar-refractivity contribution is 0.288. The molecule has 0 amide bonds. The molecule has 1 N–H and O–H groups in total. The molecule has 18 heavy (non-hydrogen) atoms. The number of benzene rings is 1.